The van der Waals surface area contributed by atoms with Crippen LogP contribution in [0.1, 0.15) is 21.9 Å². The maximum absolute atomic E-state index is 12.6. The molecule has 0 aromatic heterocycles. The monoisotopic (exact) mass is 465 g/mol. The standard InChI is InChI=1S/C25H24ClN3O2S/c1-28(2)20-12-14-21(15-13-20)29-22(30)16-32-25(29)18-8-10-19(11-9-18)27-24(31)23(26)17-6-4-3-5-7-17/h3-15,23,25H,16H2,1-2H3,(H,27,31)/t23-,25+/m1/s1. The zero-order valence-electron chi connectivity index (χ0n) is 17.9. The van der Waals surface area contributed by atoms with Gasteiger partial charge in [-0.25, -0.2) is 0 Å². The fraction of sp³-hybridized carbons (Fsp3) is 0.200. The molecule has 0 aliphatic carbocycles. The first kappa shape index (κ1) is 22.2. The quantitative estimate of drug-likeness (QED) is 0.492. The Labute approximate surface area is 197 Å². The first-order valence-corrected chi connectivity index (χ1v) is 11.7. The zero-order chi connectivity index (χ0) is 22.7. The SMILES string of the molecule is CN(C)c1ccc(N2C(=O)CS[C@H]2c2ccc(NC(=O)[C@H](Cl)c3ccccc3)cc2)cc1. The van der Waals surface area contributed by atoms with E-state index < -0.39 is 5.38 Å². The van der Waals surface area contributed by atoms with Crippen molar-refractivity contribution in [1.82, 2.24) is 0 Å². The molecule has 2 amide bonds. The van der Waals surface area contributed by atoms with Gasteiger partial charge in [0.2, 0.25) is 11.8 Å². The summed E-state index contributed by atoms with van der Waals surface area (Å²) in [6.45, 7) is 0. The van der Waals surface area contributed by atoms with Gasteiger partial charge in [-0.2, -0.15) is 0 Å². The lowest BCUT2D eigenvalue weighted by molar-refractivity contribution is -0.116. The minimum atomic E-state index is -0.764. The highest BCUT2D eigenvalue weighted by molar-refractivity contribution is 8.00. The number of hydrogen-bond acceptors (Lipinski definition) is 4. The Hall–Kier alpha value is -2.96. The van der Waals surface area contributed by atoms with Crippen LogP contribution in [-0.2, 0) is 9.59 Å². The van der Waals surface area contributed by atoms with Gasteiger partial charge >= 0.3 is 0 Å². The van der Waals surface area contributed by atoms with Gasteiger partial charge in [0.15, 0.2) is 0 Å². The van der Waals surface area contributed by atoms with E-state index in [9.17, 15) is 9.59 Å². The Morgan fingerprint density at radius 3 is 2.31 bits per heavy atom. The van der Waals surface area contributed by atoms with Crippen molar-refractivity contribution in [2.45, 2.75) is 10.8 Å². The first-order chi connectivity index (χ1) is 15.4. The molecule has 3 aromatic rings. The number of carbonyl (C=O) groups excluding carboxylic acids is 2. The molecule has 1 aliphatic rings. The average Bonchev–Trinajstić information content (AvgIpc) is 3.21. The summed E-state index contributed by atoms with van der Waals surface area (Å²) in [6.07, 6.45) is 0. The molecule has 5 nitrogen and oxygen atoms in total. The molecule has 0 bridgehead atoms. The van der Waals surface area contributed by atoms with Crippen LogP contribution in [0.2, 0.25) is 0 Å². The topological polar surface area (TPSA) is 52.6 Å². The van der Waals surface area contributed by atoms with Crippen molar-refractivity contribution in [3.05, 3.63) is 90.0 Å². The van der Waals surface area contributed by atoms with Gasteiger partial charge in [0.05, 0.1) is 5.75 Å². The van der Waals surface area contributed by atoms with Gasteiger partial charge in [0.25, 0.3) is 0 Å². The summed E-state index contributed by atoms with van der Waals surface area (Å²) >= 11 is 7.91. The van der Waals surface area contributed by atoms with Crippen LogP contribution in [0.15, 0.2) is 78.9 Å². The van der Waals surface area contributed by atoms with Gasteiger partial charge in [-0.3, -0.25) is 14.5 Å². The van der Waals surface area contributed by atoms with Crippen molar-refractivity contribution in [2.75, 3.05) is 35.0 Å². The van der Waals surface area contributed by atoms with Crippen molar-refractivity contribution in [2.24, 2.45) is 0 Å². The normalized spacial score (nSPS) is 16.7. The largest absolute Gasteiger partial charge is 0.378 e. The van der Waals surface area contributed by atoms with E-state index in [1.807, 2.05) is 103 Å². The Bertz CT molecular complexity index is 1090. The van der Waals surface area contributed by atoms with Crippen LogP contribution in [-0.4, -0.2) is 31.7 Å². The minimum absolute atomic E-state index is 0.0859. The molecule has 1 saturated heterocycles. The van der Waals surface area contributed by atoms with Gasteiger partial charge in [-0.15, -0.1) is 23.4 Å². The molecule has 0 saturated carbocycles. The Morgan fingerprint density at radius 2 is 1.69 bits per heavy atom. The van der Waals surface area contributed by atoms with Gasteiger partial charge in [-0.05, 0) is 47.5 Å². The second kappa shape index (κ2) is 9.67. The molecule has 164 valence electrons. The predicted octanol–water partition coefficient (Wildman–Crippen LogP) is 5.45. The maximum Gasteiger partial charge on any atom is 0.246 e. The minimum Gasteiger partial charge on any atom is -0.378 e. The highest BCUT2D eigenvalue weighted by Crippen LogP contribution is 2.42. The summed E-state index contributed by atoms with van der Waals surface area (Å²) in [5.74, 6) is 0.241. The maximum atomic E-state index is 12.6. The fourth-order valence-electron chi connectivity index (χ4n) is 3.57. The molecule has 1 N–H and O–H groups in total. The first-order valence-electron chi connectivity index (χ1n) is 10.2. The van der Waals surface area contributed by atoms with Crippen LogP contribution in [0.5, 0.6) is 0 Å². The number of anilines is 3. The molecule has 0 unspecified atom stereocenters. The Kier molecular flexibility index (Phi) is 6.72. The Morgan fingerprint density at radius 1 is 1.03 bits per heavy atom. The second-order valence-corrected chi connectivity index (χ2v) is 9.23. The molecule has 2 atom stereocenters. The van der Waals surface area contributed by atoms with E-state index in [-0.39, 0.29) is 17.2 Å². The summed E-state index contributed by atoms with van der Waals surface area (Å²) in [4.78, 5) is 29.0. The highest BCUT2D eigenvalue weighted by Gasteiger charge is 2.34. The van der Waals surface area contributed by atoms with Crippen LogP contribution in [0.25, 0.3) is 0 Å². The number of nitrogens with zero attached hydrogens (tertiary/aromatic N) is 2. The smallest absolute Gasteiger partial charge is 0.246 e. The molecule has 4 rings (SSSR count). The van der Waals surface area contributed by atoms with E-state index >= 15 is 0 Å². The van der Waals surface area contributed by atoms with E-state index in [0.717, 1.165) is 22.5 Å². The predicted molar refractivity (Wildman–Crippen MR) is 134 cm³/mol. The average molecular weight is 466 g/mol. The van der Waals surface area contributed by atoms with Crippen molar-refractivity contribution in [3.8, 4) is 0 Å². The number of benzene rings is 3. The van der Waals surface area contributed by atoms with E-state index in [0.29, 0.717) is 11.4 Å². The number of rotatable bonds is 6. The number of nitrogens with one attached hydrogen (secondary N) is 1. The molecule has 0 radical (unpaired) electrons. The van der Waals surface area contributed by atoms with Crippen molar-refractivity contribution in [3.63, 3.8) is 0 Å². The number of amides is 2. The summed E-state index contributed by atoms with van der Waals surface area (Å²) in [6, 6.07) is 24.8. The highest BCUT2D eigenvalue weighted by atomic mass is 35.5. The third-order valence-electron chi connectivity index (χ3n) is 5.30. The van der Waals surface area contributed by atoms with Crippen LogP contribution < -0.4 is 15.1 Å². The van der Waals surface area contributed by atoms with E-state index in [2.05, 4.69) is 5.32 Å². The second-order valence-electron chi connectivity index (χ2n) is 7.72. The molecule has 3 aromatic carbocycles. The van der Waals surface area contributed by atoms with E-state index in [1.165, 1.54) is 0 Å². The molecule has 0 spiro atoms. The number of carbonyl (C=O) groups is 2. The lowest BCUT2D eigenvalue weighted by Gasteiger charge is -2.25. The number of hydrogen-bond donors (Lipinski definition) is 1. The molecule has 32 heavy (non-hydrogen) atoms. The molecule has 7 heteroatoms. The molecule has 1 aliphatic heterocycles. The zero-order valence-corrected chi connectivity index (χ0v) is 19.4. The van der Waals surface area contributed by atoms with Crippen LogP contribution in [0.4, 0.5) is 17.1 Å². The van der Waals surface area contributed by atoms with Crippen LogP contribution in [0.3, 0.4) is 0 Å². The van der Waals surface area contributed by atoms with Gasteiger partial charge in [0.1, 0.15) is 10.8 Å². The summed E-state index contributed by atoms with van der Waals surface area (Å²) in [5, 5.41) is 1.99. The number of thioether (sulfide) groups is 1. The van der Waals surface area contributed by atoms with E-state index in [4.69, 9.17) is 11.6 Å². The summed E-state index contributed by atoms with van der Waals surface area (Å²) in [5.41, 5.74) is 4.37. The van der Waals surface area contributed by atoms with Crippen LogP contribution >= 0.6 is 23.4 Å². The van der Waals surface area contributed by atoms with Crippen molar-refractivity contribution >= 4 is 52.2 Å². The summed E-state index contributed by atoms with van der Waals surface area (Å²) in [7, 11) is 3.97. The van der Waals surface area contributed by atoms with Crippen molar-refractivity contribution in [1.29, 1.82) is 0 Å². The fourth-order valence-corrected chi connectivity index (χ4v) is 4.95. The van der Waals surface area contributed by atoms with Crippen molar-refractivity contribution < 1.29 is 9.59 Å². The van der Waals surface area contributed by atoms with Gasteiger partial charge in [0, 0.05) is 31.2 Å². The van der Waals surface area contributed by atoms with Gasteiger partial charge < -0.3 is 10.2 Å². The number of alkyl halides is 1. The van der Waals surface area contributed by atoms with E-state index in [1.54, 1.807) is 11.8 Å². The molecular formula is C25H24ClN3O2S. The van der Waals surface area contributed by atoms with Gasteiger partial charge in [-0.1, -0.05) is 42.5 Å². The third kappa shape index (κ3) is 4.76. The van der Waals surface area contributed by atoms with Crippen LogP contribution in [0, 0.1) is 0 Å². The molecule has 1 heterocycles. The third-order valence-corrected chi connectivity index (χ3v) is 6.96. The Balaban J connectivity index is 1.48. The lowest BCUT2D eigenvalue weighted by Crippen LogP contribution is -2.27. The molecule has 1 fully saturated rings. The molecular weight excluding hydrogens is 442 g/mol. The number of halogens is 1. The summed E-state index contributed by atoms with van der Waals surface area (Å²) < 4.78 is 0. The lowest BCUT2D eigenvalue weighted by atomic mass is 10.1.